The molecule has 3 aromatic heterocycles. The molecule has 6 heterocycles. The number of morpholine rings is 1. The van der Waals surface area contributed by atoms with Gasteiger partial charge in [-0.2, -0.15) is 0 Å². The van der Waals surface area contributed by atoms with Crippen molar-refractivity contribution in [3.63, 3.8) is 0 Å². The summed E-state index contributed by atoms with van der Waals surface area (Å²) in [4.78, 5) is 81.9. The number of rotatable bonds is 27. The first-order valence-electron chi connectivity index (χ1n) is 27.6. The second-order valence-corrected chi connectivity index (χ2v) is 20.6. The van der Waals surface area contributed by atoms with Crippen molar-refractivity contribution in [3.05, 3.63) is 137 Å². The number of hydrogen-bond donors (Lipinski definition) is 6. The summed E-state index contributed by atoms with van der Waals surface area (Å²) in [6.45, 7) is 5.92. The van der Waals surface area contributed by atoms with E-state index in [9.17, 15) is 44.4 Å². The molecule has 10 rings (SSSR count). The van der Waals surface area contributed by atoms with Gasteiger partial charge in [0.1, 0.15) is 61.5 Å². The quantitative estimate of drug-likeness (QED) is 0.0245. The van der Waals surface area contributed by atoms with Gasteiger partial charge in [0.05, 0.1) is 76.5 Å². The third-order valence-corrected chi connectivity index (χ3v) is 14.8. The number of amides is 4. The Balaban J connectivity index is 0.752. The fourth-order valence-electron chi connectivity index (χ4n) is 10.0. The van der Waals surface area contributed by atoms with E-state index in [4.69, 9.17) is 33.4 Å². The highest BCUT2D eigenvalue weighted by Gasteiger charge is 2.49. The topological polar surface area (TPSA) is 318 Å². The van der Waals surface area contributed by atoms with E-state index in [0.29, 0.717) is 73.0 Å². The molecule has 0 radical (unpaired) electrons. The minimum atomic E-state index is -1.95. The number of aliphatic hydroxyl groups excluding tert-OH is 3. The molecule has 6 N–H and O–H groups in total. The van der Waals surface area contributed by atoms with Crippen LogP contribution < -0.4 is 19.9 Å². The van der Waals surface area contributed by atoms with Crippen LogP contribution in [0.25, 0.3) is 28.3 Å². The Morgan fingerprint density at radius 3 is 2.24 bits per heavy atom. The molecule has 4 aliphatic rings. The van der Waals surface area contributed by atoms with E-state index in [2.05, 4.69) is 42.8 Å². The Hall–Kier alpha value is -8.24. The van der Waals surface area contributed by atoms with Crippen molar-refractivity contribution in [2.75, 3.05) is 84.4 Å². The van der Waals surface area contributed by atoms with Gasteiger partial charge in [-0.25, -0.2) is 24.4 Å². The number of benzene rings is 3. The molecule has 84 heavy (non-hydrogen) atoms. The number of carbonyl (C=O) groups is 5. The molecule has 1 aliphatic carbocycles. The van der Waals surface area contributed by atoms with Crippen molar-refractivity contribution < 1.29 is 72.8 Å². The second-order valence-electron chi connectivity index (χ2n) is 20.6. The van der Waals surface area contributed by atoms with E-state index in [1.807, 2.05) is 61.5 Å². The normalized spacial score (nSPS) is 20.0. The number of aromatic nitrogens is 6. The molecule has 440 valence electrons. The summed E-state index contributed by atoms with van der Waals surface area (Å²) in [7, 11) is 0. The standard InChI is InChI=1S/C59H64N10O15/c1-36-5-9-40(33-62-36)55-63-35-68(66-55)41-10-6-37(7-11-41)30-48-60-16-13-45(64-48)39-3-2-4-42(31-39)69(19-23-81-24-20-69)34-38-8-12-47(83-59-53(74)51(72)52(73)54(84-59)58(77)78)46(29-38)65-50(71)14-17-61-49(70)15-21-79-25-27-82-28-26-80-22-18-67-56(75)43-32-44(43)57(67)76/h2-13,16,29,31,33,35,51-54,59,72-74H,14-15,17-28,30,32,34H2,1H3,(H2-,61,65,70,71,77,78)/p+1/t51-,52-,53+,54-,59+/m0/s1. The maximum Gasteiger partial charge on any atom is 0.335 e. The van der Waals surface area contributed by atoms with Gasteiger partial charge in [-0.1, -0.05) is 24.3 Å². The Bertz CT molecular complexity index is 3350. The maximum absolute atomic E-state index is 13.6. The zero-order chi connectivity index (χ0) is 58.7. The lowest BCUT2D eigenvalue weighted by Gasteiger charge is -2.41. The van der Waals surface area contributed by atoms with Gasteiger partial charge in [0.2, 0.25) is 18.1 Å². The minimum Gasteiger partial charge on any atom is -0.479 e. The number of aryl methyl sites for hydroxylation is 1. The highest BCUT2D eigenvalue weighted by atomic mass is 16.7. The van der Waals surface area contributed by atoms with Crippen molar-refractivity contribution >= 4 is 41.0 Å². The van der Waals surface area contributed by atoms with Gasteiger partial charge >= 0.3 is 5.97 Å². The number of imide groups is 1. The zero-order valence-electron chi connectivity index (χ0n) is 46.1. The molecular weight excluding hydrogens is 1090 g/mol. The number of nitrogens with one attached hydrogen (secondary N) is 2. The van der Waals surface area contributed by atoms with Crippen molar-refractivity contribution in [1.29, 1.82) is 0 Å². The first-order chi connectivity index (χ1) is 40.7. The highest BCUT2D eigenvalue weighted by molar-refractivity contribution is 6.25. The molecule has 2 fully saturated rings. The number of nitrogens with zero attached hydrogens (tertiary/aromatic N) is 8. The van der Waals surface area contributed by atoms with Gasteiger partial charge in [0.15, 0.2) is 11.9 Å². The molecule has 0 bridgehead atoms. The third-order valence-electron chi connectivity index (χ3n) is 14.8. The van der Waals surface area contributed by atoms with Crippen LogP contribution >= 0.6 is 0 Å². The minimum absolute atomic E-state index is 0.0182. The van der Waals surface area contributed by atoms with Gasteiger partial charge in [0, 0.05) is 84.2 Å². The number of piperidine rings is 1. The number of carbonyl (C=O) groups excluding carboxylic acids is 4. The number of carboxylic acids is 1. The van der Waals surface area contributed by atoms with E-state index in [1.54, 1.807) is 35.5 Å². The summed E-state index contributed by atoms with van der Waals surface area (Å²) >= 11 is 0. The summed E-state index contributed by atoms with van der Waals surface area (Å²) < 4.78 is 35.9. The van der Waals surface area contributed by atoms with Crippen LogP contribution in [0.2, 0.25) is 0 Å². The van der Waals surface area contributed by atoms with E-state index >= 15 is 0 Å². The average Bonchev–Trinajstić information content (AvgIpc) is 2.79. The summed E-state index contributed by atoms with van der Waals surface area (Å²) in [6.07, 6.45) is -3.44. The van der Waals surface area contributed by atoms with Crippen molar-refractivity contribution in [2.24, 2.45) is 0 Å². The number of aliphatic carboxylic acids is 1. The fourth-order valence-corrected chi connectivity index (χ4v) is 10.0. The van der Waals surface area contributed by atoms with Gasteiger partial charge in [-0.15, -0.1) is 5.10 Å². The number of aliphatic hydroxyl groups is 3. The largest absolute Gasteiger partial charge is 0.479 e. The molecule has 3 aromatic carbocycles. The van der Waals surface area contributed by atoms with Gasteiger partial charge in [-0.05, 0) is 67.1 Å². The Morgan fingerprint density at radius 1 is 0.762 bits per heavy atom. The Labute approximate surface area is 482 Å². The molecule has 6 aromatic rings. The smallest absolute Gasteiger partial charge is 0.335 e. The summed E-state index contributed by atoms with van der Waals surface area (Å²) in [6, 6.07) is 26.9. The molecule has 4 amide bonds. The molecule has 0 saturated carbocycles. The Kier molecular flexibility index (Phi) is 18.9. The number of pyridine rings is 1. The lowest BCUT2D eigenvalue weighted by molar-refractivity contribution is -0.271. The van der Waals surface area contributed by atoms with Crippen LogP contribution in [0.5, 0.6) is 5.75 Å². The molecule has 3 aliphatic heterocycles. The van der Waals surface area contributed by atoms with Crippen molar-refractivity contribution in [2.45, 2.75) is 69.9 Å². The Morgan fingerprint density at radius 2 is 1.50 bits per heavy atom. The average molecular weight is 1150 g/mol. The zero-order valence-corrected chi connectivity index (χ0v) is 46.1. The van der Waals surface area contributed by atoms with Crippen LogP contribution in [0.3, 0.4) is 0 Å². The van der Waals surface area contributed by atoms with Crippen LogP contribution in [0.15, 0.2) is 115 Å². The highest BCUT2D eigenvalue weighted by Crippen LogP contribution is 2.40. The predicted molar refractivity (Wildman–Crippen MR) is 299 cm³/mol. The van der Waals surface area contributed by atoms with Crippen LogP contribution in [-0.4, -0.2) is 194 Å². The van der Waals surface area contributed by atoms with Crippen LogP contribution in [0.1, 0.15) is 41.9 Å². The number of anilines is 1. The lowest BCUT2D eigenvalue weighted by Crippen LogP contribution is -2.61. The third kappa shape index (κ3) is 14.4. The van der Waals surface area contributed by atoms with Crippen molar-refractivity contribution in [3.8, 4) is 34.1 Å². The summed E-state index contributed by atoms with van der Waals surface area (Å²) in [5.41, 5.74) is 8.27. The first kappa shape index (κ1) is 58.9. The van der Waals surface area contributed by atoms with E-state index in [1.165, 1.54) is 11.0 Å². The van der Waals surface area contributed by atoms with Crippen molar-refractivity contribution in [1.82, 2.24) is 44.4 Å². The van der Waals surface area contributed by atoms with Gasteiger partial charge < -0.3 is 59.5 Å². The molecule has 25 heteroatoms. The number of ether oxygens (including phenoxy) is 6. The second kappa shape index (κ2) is 27.0. The predicted octanol–water partition coefficient (Wildman–Crippen LogP) is 2.45. The van der Waals surface area contributed by atoms with Crippen LogP contribution in [0.4, 0.5) is 11.4 Å². The lowest BCUT2D eigenvalue weighted by atomic mass is 9.99. The first-order valence-corrected chi connectivity index (χ1v) is 27.6. The van der Waals surface area contributed by atoms with Gasteiger partial charge in [0.25, 0.3) is 11.8 Å². The number of likely N-dealkylation sites (tertiary alicyclic amines) is 1. The van der Waals surface area contributed by atoms with Crippen LogP contribution in [0, 0.1) is 6.92 Å². The summed E-state index contributed by atoms with van der Waals surface area (Å²) in [5, 5.41) is 51.7. The van der Waals surface area contributed by atoms with E-state index in [0.717, 1.165) is 45.0 Å². The number of hydrogen-bond acceptors (Lipinski definition) is 19. The fraction of sp³-hybridized carbons (Fsp3) is 0.390. The van der Waals surface area contributed by atoms with Crippen LogP contribution in [-0.2, 0) is 60.6 Å². The maximum atomic E-state index is 13.6. The monoisotopic (exact) mass is 1150 g/mol. The summed E-state index contributed by atoms with van der Waals surface area (Å²) in [5.74, 6) is -1.75. The van der Waals surface area contributed by atoms with E-state index < -0.39 is 42.6 Å². The molecule has 5 atom stereocenters. The van der Waals surface area contributed by atoms with Gasteiger partial charge in [-0.3, -0.25) is 33.5 Å². The molecule has 2 saturated heterocycles. The molecule has 0 unspecified atom stereocenters. The SMILES string of the molecule is Cc1ccc(-c2ncn(-c3ccc(Cc4nccc(-c5cccc([N+]6(Cc7ccc(O[C@@H]8O[C@H](C(=O)O)[C@@H](O)[C@H](O)[C@H]8O)c(NC(=O)CCNC(=O)CCOCCOCCOCCN8C(=O)C9=C(C9)C8=O)c7)CCOCC6)c5)n4)cc3)n2)cn1. The molecule has 25 nitrogen and oxygen atoms in total. The number of carboxylic acid groups (broad SMARTS) is 1. The molecule has 0 spiro atoms. The molecular formula is C59H65N10O15+. The van der Waals surface area contributed by atoms with E-state index in [-0.39, 0.29) is 94.7 Å². The number of quaternary nitrogens is 1.